The van der Waals surface area contributed by atoms with Gasteiger partial charge in [-0.2, -0.15) is 0 Å². The number of likely N-dealkylation sites (tertiary alicyclic amines) is 1. The van der Waals surface area contributed by atoms with E-state index in [0.717, 1.165) is 18.5 Å². The van der Waals surface area contributed by atoms with E-state index in [9.17, 15) is 0 Å². The van der Waals surface area contributed by atoms with Crippen molar-refractivity contribution in [3.63, 3.8) is 0 Å². The molecule has 2 saturated heterocycles. The van der Waals surface area contributed by atoms with E-state index in [1.165, 1.54) is 41.1 Å². The van der Waals surface area contributed by atoms with E-state index in [4.69, 9.17) is 0 Å². The van der Waals surface area contributed by atoms with Gasteiger partial charge in [0.05, 0.1) is 3.79 Å². The molecule has 0 saturated carbocycles. The predicted molar refractivity (Wildman–Crippen MR) is 71.8 cm³/mol. The van der Waals surface area contributed by atoms with Crippen molar-refractivity contribution in [1.29, 1.82) is 0 Å². The molecular formula is C12H17BrN2S. The third kappa shape index (κ3) is 2.35. The third-order valence-corrected chi connectivity index (χ3v) is 5.36. The van der Waals surface area contributed by atoms with Crippen molar-refractivity contribution in [2.75, 3.05) is 19.6 Å². The molecule has 1 aromatic rings. The van der Waals surface area contributed by atoms with Gasteiger partial charge in [-0.05, 0) is 53.4 Å². The number of nitrogens with zero attached hydrogens (tertiary/aromatic N) is 1. The van der Waals surface area contributed by atoms with Crippen molar-refractivity contribution >= 4 is 27.3 Å². The molecule has 2 nitrogen and oxygen atoms in total. The van der Waals surface area contributed by atoms with E-state index in [2.05, 4.69) is 38.3 Å². The lowest BCUT2D eigenvalue weighted by molar-refractivity contribution is 0.157. The van der Waals surface area contributed by atoms with Gasteiger partial charge in [0.25, 0.3) is 0 Å². The molecule has 3 rings (SSSR count). The normalized spacial score (nSPS) is 30.6. The second kappa shape index (κ2) is 4.77. The van der Waals surface area contributed by atoms with Gasteiger partial charge in [-0.25, -0.2) is 0 Å². The molecule has 1 N–H and O–H groups in total. The smallest absolute Gasteiger partial charge is 0.0701 e. The van der Waals surface area contributed by atoms with Crippen LogP contribution in [0.1, 0.15) is 17.7 Å². The number of hydrogen-bond acceptors (Lipinski definition) is 3. The largest absolute Gasteiger partial charge is 0.314 e. The highest BCUT2D eigenvalue weighted by molar-refractivity contribution is 9.11. The zero-order valence-electron chi connectivity index (χ0n) is 9.29. The Hall–Kier alpha value is 0.1000. The van der Waals surface area contributed by atoms with Crippen LogP contribution in [-0.2, 0) is 6.54 Å². The molecule has 0 spiro atoms. The number of nitrogens with one attached hydrogen (secondary N) is 1. The molecule has 0 bridgehead atoms. The van der Waals surface area contributed by atoms with Crippen LogP contribution in [0.25, 0.3) is 0 Å². The van der Waals surface area contributed by atoms with Crippen LogP contribution in [0.5, 0.6) is 0 Å². The summed E-state index contributed by atoms with van der Waals surface area (Å²) in [6.07, 6.45) is 2.70. The molecule has 88 valence electrons. The van der Waals surface area contributed by atoms with Crippen LogP contribution in [0.15, 0.2) is 15.9 Å². The van der Waals surface area contributed by atoms with Crippen LogP contribution in [0.2, 0.25) is 0 Å². The van der Waals surface area contributed by atoms with Crippen molar-refractivity contribution < 1.29 is 0 Å². The van der Waals surface area contributed by atoms with Crippen LogP contribution in [-0.4, -0.2) is 30.6 Å². The SMILES string of the molecule is Brc1ccc(CN2CCC3NCCC3C2)s1. The number of thiophene rings is 1. The molecule has 2 unspecified atom stereocenters. The van der Waals surface area contributed by atoms with Gasteiger partial charge in [0.2, 0.25) is 0 Å². The number of hydrogen-bond donors (Lipinski definition) is 1. The molecule has 16 heavy (non-hydrogen) atoms. The molecule has 2 aliphatic heterocycles. The fourth-order valence-electron chi connectivity index (χ4n) is 2.92. The second-order valence-electron chi connectivity index (χ2n) is 4.84. The Bertz CT molecular complexity index is 366. The maximum Gasteiger partial charge on any atom is 0.0701 e. The number of rotatable bonds is 2. The lowest BCUT2D eigenvalue weighted by atomic mass is 9.93. The zero-order chi connectivity index (χ0) is 11.0. The Labute approximate surface area is 109 Å². The molecule has 3 heterocycles. The maximum absolute atomic E-state index is 3.62. The maximum atomic E-state index is 3.62. The van der Waals surface area contributed by atoms with E-state index in [1.54, 1.807) is 0 Å². The highest BCUT2D eigenvalue weighted by Crippen LogP contribution is 2.28. The summed E-state index contributed by atoms with van der Waals surface area (Å²) in [5.41, 5.74) is 0. The molecular weight excluding hydrogens is 284 g/mol. The standard InChI is InChI=1S/C12H17BrN2S/c13-12-2-1-10(16-12)8-15-6-4-11-9(7-15)3-5-14-11/h1-2,9,11,14H,3-8H2. The highest BCUT2D eigenvalue weighted by Gasteiger charge is 2.32. The first-order valence-electron chi connectivity index (χ1n) is 6.01. The molecule has 2 atom stereocenters. The van der Waals surface area contributed by atoms with Crippen molar-refractivity contribution in [1.82, 2.24) is 10.2 Å². The Morgan fingerprint density at radius 3 is 3.19 bits per heavy atom. The van der Waals surface area contributed by atoms with Crippen LogP contribution < -0.4 is 5.32 Å². The zero-order valence-corrected chi connectivity index (χ0v) is 11.7. The molecule has 2 aliphatic rings. The van der Waals surface area contributed by atoms with Crippen LogP contribution >= 0.6 is 27.3 Å². The summed E-state index contributed by atoms with van der Waals surface area (Å²) in [6.45, 7) is 4.91. The van der Waals surface area contributed by atoms with E-state index in [1.807, 2.05) is 11.3 Å². The molecule has 0 radical (unpaired) electrons. The average Bonchev–Trinajstić information content (AvgIpc) is 2.87. The summed E-state index contributed by atoms with van der Waals surface area (Å²) in [6, 6.07) is 5.21. The fourth-order valence-corrected chi connectivity index (χ4v) is 4.45. The Morgan fingerprint density at radius 2 is 2.38 bits per heavy atom. The molecule has 1 aromatic heterocycles. The number of piperidine rings is 1. The van der Waals surface area contributed by atoms with Gasteiger partial charge in [0.15, 0.2) is 0 Å². The van der Waals surface area contributed by atoms with Crippen molar-refractivity contribution in [2.24, 2.45) is 5.92 Å². The minimum Gasteiger partial charge on any atom is -0.314 e. The Morgan fingerprint density at radius 1 is 1.44 bits per heavy atom. The Kier molecular flexibility index (Phi) is 3.34. The second-order valence-corrected chi connectivity index (χ2v) is 7.39. The monoisotopic (exact) mass is 300 g/mol. The lowest BCUT2D eigenvalue weighted by Gasteiger charge is -2.34. The summed E-state index contributed by atoms with van der Waals surface area (Å²) in [7, 11) is 0. The van der Waals surface area contributed by atoms with Crippen LogP contribution in [0, 0.1) is 5.92 Å². The van der Waals surface area contributed by atoms with Gasteiger partial charge < -0.3 is 5.32 Å². The molecule has 2 fully saturated rings. The van der Waals surface area contributed by atoms with Crippen molar-refractivity contribution in [2.45, 2.75) is 25.4 Å². The van der Waals surface area contributed by atoms with Gasteiger partial charge in [0, 0.05) is 30.6 Å². The first kappa shape index (κ1) is 11.2. The summed E-state index contributed by atoms with van der Waals surface area (Å²) in [5.74, 6) is 0.900. The quantitative estimate of drug-likeness (QED) is 0.903. The molecule has 0 aromatic carbocycles. The summed E-state index contributed by atoms with van der Waals surface area (Å²) in [5, 5.41) is 3.62. The van der Waals surface area contributed by atoms with Gasteiger partial charge >= 0.3 is 0 Å². The van der Waals surface area contributed by atoms with Gasteiger partial charge in [-0.1, -0.05) is 0 Å². The molecule has 0 aliphatic carbocycles. The highest BCUT2D eigenvalue weighted by atomic mass is 79.9. The molecule has 0 amide bonds. The van der Waals surface area contributed by atoms with Crippen molar-refractivity contribution in [3.8, 4) is 0 Å². The first-order valence-corrected chi connectivity index (χ1v) is 7.62. The van der Waals surface area contributed by atoms with Crippen LogP contribution in [0.3, 0.4) is 0 Å². The summed E-state index contributed by atoms with van der Waals surface area (Å²) in [4.78, 5) is 4.10. The first-order chi connectivity index (χ1) is 7.81. The van der Waals surface area contributed by atoms with Gasteiger partial charge in [-0.3, -0.25) is 4.90 Å². The summed E-state index contributed by atoms with van der Waals surface area (Å²) < 4.78 is 1.25. The minimum absolute atomic E-state index is 0.811. The van der Waals surface area contributed by atoms with E-state index >= 15 is 0 Å². The number of halogens is 1. The molecule has 4 heteroatoms. The minimum atomic E-state index is 0.811. The predicted octanol–water partition coefficient (Wildman–Crippen LogP) is 2.69. The van der Waals surface area contributed by atoms with E-state index in [-0.39, 0.29) is 0 Å². The van der Waals surface area contributed by atoms with E-state index < -0.39 is 0 Å². The van der Waals surface area contributed by atoms with Crippen LogP contribution in [0.4, 0.5) is 0 Å². The Balaban J connectivity index is 1.60. The summed E-state index contributed by atoms with van der Waals surface area (Å²) >= 11 is 5.40. The van der Waals surface area contributed by atoms with Gasteiger partial charge in [-0.15, -0.1) is 11.3 Å². The fraction of sp³-hybridized carbons (Fsp3) is 0.667. The lowest BCUT2D eigenvalue weighted by Crippen LogP contribution is -2.43. The van der Waals surface area contributed by atoms with Crippen molar-refractivity contribution in [3.05, 3.63) is 20.8 Å². The third-order valence-electron chi connectivity index (χ3n) is 3.75. The average molecular weight is 301 g/mol. The van der Waals surface area contributed by atoms with E-state index in [0.29, 0.717) is 0 Å². The topological polar surface area (TPSA) is 15.3 Å². The number of fused-ring (bicyclic) bond motifs is 1. The van der Waals surface area contributed by atoms with Gasteiger partial charge in [0.1, 0.15) is 0 Å².